The summed E-state index contributed by atoms with van der Waals surface area (Å²) in [6.07, 6.45) is 7.41. The van der Waals surface area contributed by atoms with Crippen molar-refractivity contribution in [2.75, 3.05) is 0 Å². The number of halogens is 3. The van der Waals surface area contributed by atoms with Crippen LogP contribution in [-0.2, 0) is 6.42 Å². The summed E-state index contributed by atoms with van der Waals surface area (Å²) in [6.45, 7) is 0. The number of aromatic carboxylic acids is 3. The molecule has 0 aliphatic rings. The molecule has 6 aromatic rings. The Hall–Kier alpha value is -6.84. The lowest BCUT2D eigenvalue weighted by Gasteiger charge is -2.12. The van der Waals surface area contributed by atoms with Gasteiger partial charge in [-0.2, -0.15) is 15.0 Å². The van der Waals surface area contributed by atoms with Gasteiger partial charge in [0.1, 0.15) is 28.7 Å². The monoisotopic (exact) mass is 653 g/mol. The summed E-state index contributed by atoms with van der Waals surface area (Å²) in [7, 11) is 0. The van der Waals surface area contributed by atoms with Crippen LogP contribution in [0.2, 0.25) is 0 Å². The molecular weight excluding hydrogens is 635 g/mol. The Balaban J connectivity index is 1.29. The Morgan fingerprint density at radius 1 is 0.688 bits per heavy atom. The van der Waals surface area contributed by atoms with Crippen LogP contribution < -0.4 is 0 Å². The van der Waals surface area contributed by atoms with E-state index >= 15 is 8.78 Å². The van der Waals surface area contributed by atoms with Crippen LogP contribution in [0.15, 0.2) is 79.6 Å². The minimum Gasteiger partial charge on any atom is -0.478 e. The second kappa shape index (κ2) is 12.5. The third-order valence-electron chi connectivity index (χ3n) is 7.13. The number of carboxylic acids is 3. The molecule has 0 aliphatic carbocycles. The first-order valence-electron chi connectivity index (χ1n) is 13.7. The van der Waals surface area contributed by atoms with Crippen LogP contribution in [-0.4, -0.2) is 68.2 Å². The maximum Gasteiger partial charge on any atom is 0.340 e. The molecule has 0 radical (unpaired) electrons. The normalized spacial score (nSPS) is 11.0. The molecule has 6 rings (SSSR count). The molecule has 0 bridgehead atoms. The maximum atomic E-state index is 15.5. The van der Waals surface area contributed by atoms with Gasteiger partial charge in [-0.3, -0.25) is 0 Å². The van der Waals surface area contributed by atoms with E-state index in [1.54, 1.807) is 0 Å². The number of rotatable bonds is 9. The first kappa shape index (κ1) is 31.2. The highest BCUT2D eigenvalue weighted by Gasteiger charge is 2.24. The summed E-state index contributed by atoms with van der Waals surface area (Å²) in [5, 5.41) is 36.6. The fourth-order valence-electron chi connectivity index (χ4n) is 4.92. The molecule has 13 nitrogen and oxygen atoms in total. The number of hydrogen-bond donors (Lipinski definition) is 3. The van der Waals surface area contributed by atoms with Crippen LogP contribution >= 0.6 is 0 Å². The smallest absolute Gasteiger partial charge is 0.340 e. The highest BCUT2D eigenvalue weighted by atomic mass is 19.1. The molecule has 238 valence electrons. The van der Waals surface area contributed by atoms with Gasteiger partial charge in [0.2, 0.25) is 0 Å². The maximum absolute atomic E-state index is 15.5. The predicted octanol–water partition coefficient (Wildman–Crippen LogP) is 4.95. The van der Waals surface area contributed by atoms with Crippen LogP contribution in [0, 0.1) is 17.5 Å². The van der Waals surface area contributed by atoms with E-state index < -0.39 is 52.0 Å². The Morgan fingerprint density at radius 3 is 1.96 bits per heavy atom. The first-order chi connectivity index (χ1) is 23.0. The van der Waals surface area contributed by atoms with E-state index in [9.17, 15) is 34.1 Å². The van der Waals surface area contributed by atoms with Gasteiger partial charge in [0.15, 0.2) is 11.6 Å². The average Bonchev–Trinajstić information content (AvgIpc) is 3.61. The van der Waals surface area contributed by atoms with Gasteiger partial charge in [-0.05, 0) is 53.1 Å². The Bertz CT molecular complexity index is 2230. The highest BCUT2D eigenvalue weighted by Crippen LogP contribution is 2.31. The fourth-order valence-corrected chi connectivity index (χ4v) is 4.92. The molecule has 0 saturated carbocycles. The Kier molecular flexibility index (Phi) is 8.12. The zero-order valence-corrected chi connectivity index (χ0v) is 24.0. The molecule has 3 aromatic carbocycles. The summed E-state index contributed by atoms with van der Waals surface area (Å²) < 4.78 is 44.4. The van der Waals surface area contributed by atoms with Gasteiger partial charge in [-0.25, -0.2) is 47.5 Å². The molecule has 0 spiro atoms. The second-order valence-electron chi connectivity index (χ2n) is 10.1. The van der Waals surface area contributed by atoms with Gasteiger partial charge >= 0.3 is 17.9 Å². The van der Waals surface area contributed by atoms with Crippen molar-refractivity contribution in [1.29, 1.82) is 0 Å². The summed E-state index contributed by atoms with van der Waals surface area (Å²) in [5.74, 6) is -7.53. The van der Waals surface area contributed by atoms with Crippen LogP contribution in [0.5, 0.6) is 0 Å². The third kappa shape index (κ3) is 5.92. The molecule has 16 heteroatoms. The van der Waals surface area contributed by atoms with Gasteiger partial charge in [-0.1, -0.05) is 6.07 Å². The number of benzene rings is 3. The van der Waals surface area contributed by atoms with Crippen molar-refractivity contribution < 1.29 is 42.9 Å². The van der Waals surface area contributed by atoms with Crippen molar-refractivity contribution in [2.45, 2.75) is 6.42 Å². The highest BCUT2D eigenvalue weighted by molar-refractivity contribution is 5.97. The summed E-state index contributed by atoms with van der Waals surface area (Å²) in [6, 6.07) is 7.97. The lowest BCUT2D eigenvalue weighted by molar-refractivity contribution is 0.0682. The van der Waals surface area contributed by atoms with Gasteiger partial charge in [0.25, 0.3) is 0 Å². The van der Waals surface area contributed by atoms with Crippen LogP contribution in [0.25, 0.3) is 39.6 Å². The van der Waals surface area contributed by atoms with Gasteiger partial charge in [0, 0.05) is 42.3 Å². The van der Waals surface area contributed by atoms with Crippen molar-refractivity contribution in [3.63, 3.8) is 0 Å². The van der Waals surface area contributed by atoms with Crippen molar-refractivity contribution in [2.24, 2.45) is 0 Å². The largest absolute Gasteiger partial charge is 0.478 e. The molecule has 48 heavy (non-hydrogen) atoms. The van der Waals surface area contributed by atoms with Crippen molar-refractivity contribution in [1.82, 2.24) is 34.9 Å². The molecular formula is C32H18F3N7O6. The van der Waals surface area contributed by atoms with Crippen LogP contribution in [0.1, 0.15) is 42.2 Å². The quantitative estimate of drug-likeness (QED) is 0.190. The lowest BCUT2D eigenvalue weighted by atomic mass is 9.99. The SMILES string of the molecule is O=C(O)c1cc(F)ccc1-c1ncc(-c2cc(F)c(-c3ncc(Cc4ccc(-n5nccn5)c(C(=O)O)c4F)cn3)c(C(=O)O)c2)cn1. The molecule has 0 aliphatic heterocycles. The van der Waals surface area contributed by atoms with Gasteiger partial charge in [0.05, 0.1) is 29.1 Å². The molecule has 0 amide bonds. The van der Waals surface area contributed by atoms with E-state index in [0.717, 1.165) is 29.1 Å². The fraction of sp³-hybridized carbons (Fsp3) is 0.0312. The van der Waals surface area contributed by atoms with Gasteiger partial charge < -0.3 is 15.3 Å². The summed E-state index contributed by atoms with van der Waals surface area (Å²) in [5.41, 5.74) is -1.39. The van der Waals surface area contributed by atoms with E-state index in [-0.39, 0.29) is 51.6 Å². The molecule has 0 fully saturated rings. The predicted molar refractivity (Wildman–Crippen MR) is 159 cm³/mol. The van der Waals surface area contributed by atoms with Crippen molar-refractivity contribution in [3.05, 3.63) is 125 Å². The number of nitrogens with zero attached hydrogens (tertiary/aromatic N) is 7. The standard InChI is InChI=1S/C32H18F3N7O6/c33-19-2-3-20(21(10-19)30(43)44)28-38-13-18(14-39-28)17-8-22(31(45)46)25(23(34)9-17)29-36-11-15(12-37-29)7-16-1-4-24(42-40-5-6-41-42)26(27(16)35)32(47)48/h1-6,8-14H,7H2,(H,43,44)(H,45,46)(H,47,48). The third-order valence-corrected chi connectivity index (χ3v) is 7.13. The first-order valence-corrected chi connectivity index (χ1v) is 13.7. The Morgan fingerprint density at radius 2 is 1.33 bits per heavy atom. The molecule has 3 aromatic heterocycles. The lowest BCUT2D eigenvalue weighted by Crippen LogP contribution is -2.12. The Labute approximate surface area is 266 Å². The van der Waals surface area contributed by atoms with E-state index in [1.807, 2.05) is 0 Å². The average molecular weight is 654 g/mol. The van der Waals surface area contributed by atoms with Crippen LogP contribution in [0.4, 0.5) is 13.2 Å². The summed E-state index contributed by atoms with van der Waals surface area (Å²) in [4.78, 5) is 53.0. The molecule has 0 atom stereocenters. The van der Waals surface area contributed by atoms with Crippen molar-refractivity contribution >= 4 is 17.9 Å². The minimum absolute atomic E-state index is 0.00624. The van der Waals surface area contributed by atoms with E-state index in [1.165, 1.54) is 55.4 Å². The van der Waals surface area contributed by atoms with Gasteiger partial charge in [-0.15, -0.1) is 0 Å². The molecule has 0 unspecified atom stereocenters. The minimum atomic E-state index is -1.53. The summed E-state index contributed by atoms with van der Waals surface area (Å²) >= 11 is 0. The topological polar surface area (TPSA) is 194 Å². The second-order valence-corrected chi connectivity index (χ2v) is 10.1. The zero-order chi connectivity index (χ0) is 34.1. The number of carbonyl (C=O) groups is 3. The van der Waals surface area contributed by atoms with Crippen molar-refractivity contribution in [3.8, 4) is 39.6 Å². The number of carboxylic acid groups (broad SMARTS) is 3. The van der Waals surface area contributed by atoms with Crippen LogP contribution in [0.3, 0.4) is 0 Å². The van der Waals surface area contributed by atoms with E-state index in [2.05, 4.69) is 30.1 Å². The molecule has 0 saturated heterocycles. The van der Waals surface area contributed by atoms with E-state index in [0.29, 0.717) is 5.56 Å². The zero-order valence-electron chi connectivity index (χ0n) is 24.0. The number of hydrogen-bond acceptors (Lipinski definition) is 9. The van der Waals surface area contributed by atoms with E-state index in [4.69, 9.17) is 0 Å². The molecule has 3 heterocycles. The number of aromatic nitrogens is 7. The molecule has 3 N–H and O–H groups in total.